The number of nitrogens with zero attached hydrogens (tertiary/aromatic N) is 1. The summed E-state index contributed by atoms with van der Waals surface area (Å²) in [6.07, 6.45) is 2.23. The Hall–Kier alpha value is -1.26. The maximum Gasteiger partial charge on any atom is 0.124 e. The van der Waals surface area contributed by atoms with Gasteiger partial charge in [-0.3, -0.25) is 5.41 Å². The molecule has 0 aromatic heterocycles. The highest BCUT2D eigenvalue weighted by Gasteiger charge is 2.16. The van der Waals surface area contributed by atoms with E-state index in [1.807, 2.05) is 12.1 Å². The van der Waals surface area contributed by atoms with E-state index in [9.17, 15) is 0 Å². The summed E-state index contributed by atoms with van der Waals surface area (Å²) in [5.74, 6) is 0.675. The van der Waals surface area contributed by atoms with Crippen LogP contribution < -0.4 is 10.6 Å². The van der Waals surface area contributed by atoms with Gasteiger partial charge >= 0.3 is 0 Å². The van der Waals surface area contributed by atoms with Crippen LogP contribution in [0.4, 0.5) is 5.69 Å². The average Bonchev–Trinajstić information content (AvgIpc) is 2.39. The van der Waals surface area contributed by atoms with Crippen molar-refractivity contribution in [3.05, 3.63) is 28.8 Å². The molecule has 0 aliphatic carbocycles. The number of amidine groups is 1. The molecule has 0 bridgehead atoms. The summed E-state index contributed by atoms with van der Waals surface area (Å²) in [4.78, 5) is 2.20. The summed E-state index contributed by atoms with van der Waals surface area (Å²) >= 11 is 6.14. The first-order valence-electron chi connectivity index (χ1n) is 6.50. The second-order valence-electron chi connectivity index (χ2n) is 5.01. The van der Waals surface area contributed by atoms with Crippen LogP contribution in [0.2, 0.25) is 5.02 Å². The zero-order valence-electron chi connectivity index (χ0n) is 11.2. The number of nitrogens with two attached hydrogens (primary N) is 1. The third-order valence-electron chi connectivity index (χ3n) is 3.56. The Kier molecular flexibility index (Phi) is 4.66. The van der Waals surface area contributed by atoms with Crippen molar-refractivity contribution in [1.29, 1.82) is 5.41 Å². The van der Waals surface area contributed by atoms with E-state index in [4.69, 9.17) is 27.5 Å². The van der Waals surface area contributed by atoms with Gasteiger partial charge in [0.15, 0.2) is 0 Å². The van der Waals surface area contributed by atoms with E-state index in [0.29, 0.717) is 16.5 Å². The molecule has 1 saturated heterocycles. The van der Waals surface area contributed by atoms with E-state index >= 15 is 0 Å². The zero-order valence-corrected chi connectivity index (χ0v) is 11.9. The molecule has 19 heavy (non-hydrogen) atoms. The number of nitrogen functional groups attached to an aromatic ring is 1. The van der Waals surface area contributed by atoms with Crippen LogP contribution >= 0.6 is 11.6 Å². The number of benzene rings is 1. The van der Waals surface area contributed by atoms with Crippen molar-refractivity contribution in [3.8, 4) is 0 Å². The topological polar surface area (TPSA) is 62.3 Å². The molecule has 0 spiro atoms. The quantitative estimate of drug-likeness (QED) is 0.658. The number of hydrogen-bond acceptors (Lipinski definition) is 3. The zero-order chi connectivity index (χ0) is 13.8. The van der Waals surface area contributed by atoms with Crippen LogP contribution in [0.15, 0.2) is 18.2 Å². The van der Waals surface area contributed by atoms with Crippen molar-refractivity contribution >= 4 is 23.1 Å². The van der Waals surface area contributed by atoms with Crippen LogP contribution in [-0.4, -0.2) is 32.6 Å². The van der Waals surface area contributed by atoms with Gasteiger partial charge in [-0.2, -0.15) is 0 Å². The molecule has 1 fully saturated rings. The van der Waals surface area contributed by atoms with Crippen LogP contribution in [0.3, 0.4) is 0 Å². The summed E-state index contributed by atoms with van der Waals surface area (Å²) in [5, 5.41) is 7.96. The lowest BCUT2D eigenvalue weighted by Gasteiger charge is -2.28. The van der Waals surface area contributed by atoms with Crippen LogP contribution in [-0.2, 0) is 4.74 Å². The normalized spacial score (nSPS) is 16.3. The molecule has 1 aliphatic rings. The number of anilines is 1. The molecule has 1 aromatic carbocycles. The van der Waals surface area contributed by atoms with Gasteiger partial charge in [-0.25, -0.2) is 0 Å². The number of nitrogens with one attached hydrogen (secondary N) is 1. The van der Waals surface area contributed by atoms with E-state index in [0.717, 1.165) is 38.3 Å². The molecule has 0 saturated carbocycles. The smallest absolute Gasteiger partial charge is 0.124 e. The van der Waals surface area contributed by atoms with E-state index < -0.39 is 0 Å². The van der Waals surface area contributed by atoms with Crippen molar-refractivity contribution in [3.63, 3.8) is 0 Å². The first-order valence-corrected chi connectivity index (χ1v) is 6.88. The SMILES string of the molecule is CN(CC1CCOCC1)c1ccc(C(=N)N)c(Cl)c1. The summed E-state index contributed by atoms with van der Waals surface area (Å²) in [5.41, 5.74) is 7.11. The molecule has 1 heterocycles. The predicted octanol–water partition coefficient (Wildman–Crippen LogP) is 2.49. The molecule has 5 heteroatoms. The van der Waals surface area contributed by atoms with E-state index in [1.54, 1.807) is 6.07 Å². The Balaban J connectivity index is 2.04. The molecule has 0 amide bonds. The average molecular weight is 282 g/mol. The van der Waals surface area contributed by atoms with Gasteiger partial charge in [-0.1, -0.05) is 11.6 Å². The first-order chi connectivity index (χ1) is 9.08. The third kappa shape index (κ3) is 3.61. The summed E-state index contributed by atoms with van der Waals surface area (Å²) in [6, 6.07) is 5.64. The van der Waals surface area contributed by atoms with Gasteiger partial charge in [-0.15, -0.1) is 0 Å². The molecule has 4 nitrogen and oxygen atoms in total. The monoisotopic (exact) mass is 281 g/mol. The van der Waals surface area contributed by atoms with Crippen molar-refractivity contribution in [1.82, 2.24) is 0 Å². The highest BCUT2D eigenvalue weighted by Crippen LogP contribution is 2.25. The summed E-state index contributed by atoms with van der Waals surface area (Å²) in [7, 11) is 2.06. The van der Waals surface area contributed by atoms with Crippen LogP contribution in [0, 0.1) is 11.3 Å². The number of halogens is 1. The van der Waals surface area contributed by atoms with E-state index in [2.05, 4.69) is 11.9 Å². The van der Waals surface area contributed by atoms with Crippen molar-refractivity contribution < 1.29 is 4.74 Å². The Labute approximate surface area is 119 Å². The number of hydrogen-bond donors (Lipinski definition) is 2. The van der Waals surface area contributed by atoms with E-state index in [-0.39, 0.29) is 5.84 Å². The fraction of sp³-hybridized carbons (Fsp3) is 0.500. The fourth-order valence-corrected chi connectivity index (χ4v) is 2.66. The Morgan fingerprint density at radius 2 is 2.16 bits per heavy atom. The molecule has 1 aliphatic heterocycles. The van der Waals surface area contributed by atoms with Gasteiger partial charge in [0.25, 0.3) is 0 Å². The minimum atomic E-state index is 0.00336. The van der Waals surface area contributed by atoms with Crippen LogP contribution in [0.25, 0.3) is 0 Å². The van der Waals surface area contributed by atoms with Crippen molar-refractivity contribution in [2.24, 2.45) is 11.7 Å². The van der Waals surface area contributed by atoms with Crippen LogP contribution in [0.1, 0.15) is 18.4 Å². The molecule has 0 radical (unpaired) electrons. The Bertz CT molecular complexity index is 458. The highest BCUT2D eigenvalue weighted by molar-refractivity contribution is 6.34. The van der Waals surface area contributed by atoms with Crippen molar-refractivity contribution in [2.75, 3.05) is 31.7 Å². The molecule has 3 N–H and O–H groups in total. The van der Waals surface area contributed by atoms with Gasteiger partial charge in [-0.05, 0) is 37.0 Å². The van der Waals surface area contributed by atoms with Crippen LogP contribution in [0.5, 0.6) is 0 Å². The fourth-order valence-electron chi connectivity index (χ4n) is 2.38. The molecule has 0 unspecified atom stereocenters. The largest absolute Gasteiger partial charge is 0.384 e. The predicted molar refractivity (Wildman–Crippen MR) is 79.3 cm³/mol. The van der Waals surface area contributed by atoms with Gasteiger partial charge in [0, 0.05) is 38.1 Å². The second kappa shape index (κ2) is 6.26. The van der Waals surface area contributed by atoms with Gasteiger partial charge in [0.2, 0.25) is 0 Å². The lowest BCUT2D eigenvalue weighted by Crippen LogP contribution is -2.29. The highest BCUT2D eigenvalue weighted by atomic mass is 35.5. The molecular formula is C14H20ClN3O. The molecule has 2 rings (SSSR count). The molecular weight excluding hydrogens is 262 g/mol. The summed E-state index contributed by atoms with van der Waals surface area (Å²) < 4.78 is 5.37. The summed E-state index contributed by atoms with van der Waals surface area (Å²) in [6.45, 7) is 2.73. The van der Waals surface area contributed by atoms with Gasteiger partial charge < -0.3 is 15.4 Å². The lowest BCUT2D eigenvalue weighted by molar-refractivity contribution is 0.0685. The first kappa shape index (κ1) is 14.2. The Morgan fingerprint density at radius 1 is 1.47 bits per heavy atom. The maximum atomic E-state index is 7.43. The third-order valence-corrected chi connectivity index (χ3v) is 3.87. The minimum absolute atomic E-state index is 0.00336. The van der Waals surface area contributed by atoms with E-state index in [1.165, 1.54) is 0 Å². The lowest BCUT2D eigenvalue weighted by atomic mass is 9.99. The second-order valence-corrected chi connectivity index (χ2v) is 5.42. The molecule has 104 valence electrons. The molecule has 1 aromatic rings. The minimum Gasteiger partial charge on any atom is -0.384 e. The standard InChI is InChI=1S/C14H20ClN3O/c1-18(9-10-4-6-19-7-5-10)11-2-3-12(14(16)17)13(15)8-11/h2-3,8,10H,4-7,9H2,1H3,(H3,16,17). The number of ether oxygens (including phenoxy) is 1. The van der Waals surface area contributed by atoms with Crippen molar-refractivity contribution in [2.45, 2.75) is 12.8 Å². The number of rotatable bonds is 4. The van der Waals surface area contributed by atoms with Gasteiger partial charge in [0.05, 0.1) is 5.02 Å². The molecule has 0 atom stereocenters. The van der Waals surface area contributed by atoms with Gasteiger partial charge in [0.1, 0.15) is 5.84 Å². The Morgan fingerprint density at radius 3 is 2.74 bits per heavy atom. The maximum absolute atomic E-state index is 7.43.